The van der Waals surface area contributed by atoms with Gasteiger partial charge >= 0.3 is 0 Å². The van der Waals surface area contributed by atoms with Crippen molar-refractivity contribution in [3.05, 3.63) is 8.96 Å². The van der Waals surface area contributed by atoms with Crippen molar-refractivity contribution in [1.29, 1.82) is 0 Å². The van der Waals surface area contributed by atoms with Crippen LogP contribution in [-0.2, 0) is 0 Å². The average Bonchev–Trinajstić information content (AvgIpc) is 1.77. The molecule has 1 aliphatic carbocycles. The van der Waals surface area contributed by atoms with Crippen LogP contribution in [0.4, 0.5) is 0 Å². The Kier molecular flexibility index (Phi) is 2.57. The zero-order valence-electron chi connectivity index (χ0n) is 4.58. The molecule has 1 rings (SSSR count). The molecule has 0 aromatic heterocycles. The lowest BCUT2D eigenvalue weighted by atomic mass is 10.1. The van der Waals surface area contributed by atoms with Gasteiger partial charge in [-0.05, 0) is 25.7 Å². The maximum Gasteiger partial charge on any atom is 0.00518 e. The van der Waals surface area contributed by atoms with Crippen molar-refractivity contribution in [2.24, 2.45) is 0 Å². The Morgan fingerprint density at radius 3 is 1.50 bits per heavy atom. The van der Waals surface area contributed by atoms with Gasteiger partial charge in [0.1, 0.15) is 0 Å². The topological polar surface area (TPSA) is 0 Å². The van der Waals surface area contributed by atoms with Crippen molar-refractivity contribution in [3.63, 3.8) is 0 Å². The van der Waals surface area contributed by atoms with Gasteiger partial charge in [-0.1, -0.05) is 31.9 Å². The van der Waals surface area contributed by atoms with Gasteiger partial charge in [0.25, 0.3) is 0 Å². The van der Waals surface area contributed by atoms with E-state index >= 15 is 0 Å². The van der Waals surface area contributed by atoms with E-state index in [1.165, 1.54) is 34.6 Å². The molecule has 0 unspecified atom stereocenters. The number of allylic oxidation sites excluding steroid dienone is 2. The lowest BCUT2D eigenvalue weighted by Crippen LogP contribution is -1.88. The quantitative estimate of drug-likeness (QED) is 0.607. The minimum Gasteiger partial charge on any atom is -0.0548 e. The summed E-state index contributed by atoms with van der Waals surface area (Å²) in [4.78, 5) is 0. The molecule has 0 aliphatic heterocycles. The molecule has 0 bridgehead atoms. The Balaban J connectivity index is 2.60. The van der Waals surface area contributed by atoms with Crippen molar-refractivity contribution < 1.29 is 0 Å². The number of halogens is 2. The average molecular weight is 240 g/mol. The highest BCUT2D eigenvalue weighted by molar-refractivity contribution is 9.14. The molecule has 46 valence electrons. The highest BCUT2D eigenvalue weighted by atomic mass is 79.9. The fourth-order valence-corrected chi connectivity index (χ4v) is 1.79. The highest BCUT2D eigenvalue weighted by Crippen LogP contribution is 2.31. The molecule has 0 nitrogen and oxygen atoms in total. The Morgan fingerprint density at radius 1 is 0.875 bits per heavy atom. The second-order valence-corrected chi connectivity index (χ2v) is 3.93. The summed E-state index contributed by atoms with van der Waals surface area (Å²) in [5, 5.41) is 0. The minimum atomic E-state index is 1.22. The Labute approximate surface area is 66.6 Å². The van der Waals surface area contributed by atoms with Crippen molar-refractivity contribution in [3.8, 4) is 0 Å². The van der Waals surface area contributed by atoms with Gasteiger partial charge in [-0.15, -0.1) is 0 Å². The van der Waals surface area contributed by atoms with Gasteiger partial charge in [0.2, 0.25) is 0 Å². The molecule has 0 heterocycles. The van der Waals surface area contributed by atoms with Crippen LogP contribution in [0.3, 0.4) is 0 Å². The van der Waals surface area contributed by atoms with E-state index in [9.17, 15) is 0 Å². The number of hydrogen-bond acceptors (Lipinski definition) is 0. The van der Waals surface area contributed by atoms with Crippen LogP contribution >= 0.6 is 31.9 Å². The van der Waals surface area contributed by atoms with E-state index in [1.807, 2.05) is 0 Å². The summed E-state index contributed by atoms with van der Waals surface area (Å²) in [6.07, 6.45) is 5.13. The van der Waals surface area contributed by atoms with Crippen LogP contribution in [0.25, 0.3) is 0 Å². The van der Waals surface area contributed by atoms with E-state index in [-0.39, 0.29) is 0 Å². The first-order valence-electron chi connectivity index (χ1n) is 2.84. The summed E-state index contributed by atoms with van der Waals surface area (Å²) in [6, 6.07) is 0. The predicted molar refractivity (Wildman–Crippen MR) is 43.3 cm³/mol. The summed E-state index contributed by atoms with van der Waals surface area (Å²) in [7, 11) is 0. The lowest BCUT2D eigenvalue weighted by Gasteiger charge is -2.09. The molecule has 0 atom stereocenters. The maximum atomic E-state index is 3.49. The van der Waals surface area contributed by atoms with E-state index in [0.717, 1.165) is 0 Å². The molecule has 2 heteroatoms. The number of hydrogen-bond donors (Lipinski definition) is 0. The van der Waals surface area contributed by atoms with Crippen LogP contribution in [0.2, 0.25) is 0 Å². The van der Waals surface area contributed by atoms with E-state index < -0.39 is 0 Å². The molecular formula is C6H8Br2. The first-order valence-corrected chi connectivity index (χ1v) is 4.42. The Hall–Kier alpha value is 0.700. The molecule has 0 aromatic carbocycles. The summed E-state index contributed by atoms with van der Waals surface area (Å²) >= 11 is 6.97. The van der Waals surface area contributed by atoms with Crippen LogP contribution in [0.5, 0.6) is 0 Å². The molecule has 0 saturated carbocycles. The smallest absolute Gasteiger partial charge is 0.00518 e. The van der Waals surface area contributed by atoms with Gasteiger partial charge in [0, 0.05) is 8.96 Å². The van der Waals surface area contributed by atoms with Gasteiger partial charge in [0.15, 0.2) is 0 Å². The molecule has 1 aliphatic rings. The van der Waals surface area contributed by atoms with Crippen LogP contribution in [0.1, 0.15) is 25.7 Å². The highest BCUT2D eigenvalue weighted by Gasteiger charge is 2.05. The zero-order valence-corrected chi connectivity index (χ0v) is 7.76. The van der Waals surface area contributed by atoms with Crippen LogP contribution in [0, 0.1) is 0 Å². The monoisotopic (exact) mass is 238 g/mol. The van der Waals surface area contributed by atoms with Gasteiger partial charge in [-0.25, -0.2) is 0 Å². The third-order valence-electron chi connectivity index (χ3n) is 1.34. The standard InChI is InChI=1S/C6H8Br2/c7-5-3-1-2-4-6(5)8/h1-4H2. The fraction of sp³-hybridized carbons (Fsp3) is 0.667. The molecule has 8 heavy (non-hydrogen) atoms. The second kappa shape index (κ2) is 3.02. The van der Waals surface area contributed by atoms with Crippen LogP contribution in [0.15, 0.2) is 8.96 Å². The largest absolute Gasteiger partial charge is 0.0548 e. The SMILES string of the molecule is BrC1=C(Br)CCCC1. The van der Waals surface area contributed by atoms with E-state index in [0.29, 0.717) is 0 Å². The third-order valence-corrected chi connectivity index (χ3v) is 3.62. The predicted octanol–water partition coefficient (Wildman–Crippen LogP) is 3.56. The molecular weight excluding hydrogens is 232 g/mol. The van der Waals surface area contributed by atoms with Crippen LogP contribution in [-0.4, -0.2) is 0 Å². The summed E-state index contributed by atoms with van der Waals surface area (Å²) in [6.45, 7) is 0. The van der Waals surface area contributed by atoms with Crippen molar-refractivity contribution >= 4 is 31.9 Å². The summed E-state index contributed by atoms with van der Waals surface area (Å²) in [5.41, 5.74) is 0. The van der Waals surface area contributed by atoms with Gasteiger partial charge < -0.3 is 0 Å². The van der Waals surface area contributed by atoms with E-state index in [1.54, 1.807) is 0 Å². The van der Waals surface area contributed by atoms with Gasteiger partial charge in [0.05, 0.1) is 0 Å². The lowest BCUT2D eigenvalue weighted by molar-refractivity contribution is 0.720. The van der Waals surface area contributed by atoms with Crippen LogP contribution < -0.4 is 0 Å². The molecule has 0 N–H and O–H groups in total. The molecule has 0 aromatic rings. The minimum absolute atomic E-state index is 1.22. The van der Waals surface area contributed by atoms with Crippen molar-refractivity contribution in [1.82, 2.24) is 0 Å². The van der Waals surface area contributed by atoms with E-state index in [4.69, 9.17) is 0 Å². The van der Waals surface area contributed by atoms with Crippen molar-refractivity contribution in [2.75, 3.05) is 0 Å². The maximum absolute atomic E-state index is 3.49. The summed E-state index contributed by atoms with van der Waals surface area (Å²) in [5.74, 6) is 0. The zero-order chi connectivity index (χ0) is 5.98. The summed E-state index contributed by atoms with van der Waals surface area (Å²) < 4.78 is 2.73. The molecule has 0 saturated heterocycles. The van der Waals surface area contributed by atoms with Crippen molar-refractivity contribution in [2.45, 2.75) is 25.7 Å². The van der Waals surface area contributed by atoms with E-state index in [2.05, 4.69) is 31.9 Å². The number of rotatable bonds is 0. The second-order valence-electron chi connectivity index (χ2n) is 2.02. The van der Waals surface area contributed by atoms with Gasteiger partial charge in [-0.2, -0.15) is 0 Å². The normalized spacial score (nSPS) is 21.8. The first-order chi connectivity index (χ1) is 3.80. The molecule has 0 spiro atoms. The first kappa shape index (κ1) is 6.81. The molecule has 0 amide bonds. The Morgan fingerprint density at radius 2 is 1.25 bits per heavy atom. The molecule has 0 fully saturated rings. The fourth-order valence-electron chi connectivity index (χ4n) is 0.832. The Bertz CT molecular complexity index is 102. The third kappa shape index (κ3) is 1.59. The van der Waals surface area contributed by atoms with Gasteiger partial charge in [-0.3, -0.25) is 0 Å². The molecule has 0 radical (unpaired) electrons.